The van der Waals surface area contributed by atoms with E-state index in [1.54, 1.807) is 18.1 Å². The molecule has 1 aliphatic rings. The van der Waals surface area contributed by atoms with Crippen molar-refractivity contribution in [3.8, 4) is 5.75 Å². The number of amides is 1. The lowest BCUT2D eigenvalue weighted by Gasteiger charge is -2.28. The average molecular weight is 581 g/mol. The summed E-state index contributed by atoms with van der Waals surface area (Å²) in [5, 5.41) is 15.0. The molecule has 3 rings (SSSR count). The summed E-state index contributed by atoms with van der Waals surface area (Å²) in [6, 6.07) is 13.0. The van der Waals surface area contributed by atoms with Gasteiger partial charge in [0.25, 0.3) is 5.91 Å². The van der Waals surface area contributed by atoms with Gasteiger partial charge in [-0.3, -0.25) is 9.59 Å². The topological polar surface area (TPSA) is 134 Å². The molecule has 0 saturated carbocycles. The number of carboxylic acids is 2. The molecular formula is C27H33ClN2O8S. The van der Waals surface area contributed by atoms with Gasteiger partial charge in [0.2, 0.25) is 0 Å². The molecule has 2 atom stereocenters. The molecule has 2 N–H and O–H groups in total. The van der Waals surface area contributed by atoms with Gasteiger partial charge in [0.05, 0.1) is 18.0 Å². The minimum Gasteiger partial charge on any atom is -0.497 e. The van der Waals surface area contributed by atoms with Crippen molar-refractivity contribution in [2.45, 2.75) is 42.4 Å². The number of hydrogen-bond donors (Lipinski definition) is 2. The van der Waals surface area contributed by atoms with Crippen LogP contribution in [0.3, 0.4) is 0 Å². The summed E-state index contributed by atoms with van der Waals surface area (Å²) >= 11 is 7.82. The summed E-state index contributed by atoms with van der Waals surface area (Å²) in [6.45, 7) is 3.16. The molecule has 0 aromatic heterocycles. The second-order valence-electron chi connectivity index (χ2n) is 8.84. The molecule has 0 bridgehead atoms. The lowest BCUT2D eigenvalue weighted by atomic mass is 10.1. The molecule has 0 fully saturated rings. The molecule has 1 heterocycles. The maximum Gasteiger partial charge on any atom is 0.414 e. The highest BCUT2D eigenvalue weighted by Crippen LogP contribution is 2.47. The molecule has 2 aromatic rings. The van der Waals surface area contributed by atoms with Crippen LogP contribution in [0.2, 0.25) is 5.02 Å². The van der Waals surface area contributed by atoms with E-state index >= 15 is 0 Å². The molecule has 0 aliphatic carbocycles. The second kappa shape index (κ2) is 15.3. The summed E-state index contributed by atoms with van der Waals surface area (Å²) in [7, 11) is 5.53. The van der Waals surface area contributed by atoms with Gasteiger partial charge < -0.3 is 29.5 Å². The Morgan fingerprint density at radius 3 is 2.26 bits per heavy atom. The Labute approximate surface area is 236 Å². The average Bonchev–Trinajstić information content (AvgIpc) is 3.00. The Kier molecular flexibility index (Phi) is 12.6. The van der Waals surface area contributed by atoms with Gasteiger partial charge in [-0.05, 0) is 56.4 Å². The Balaban J connectivity index is 0.000000798. The Morgan fingerprint density at radius 1 is 1.08 bits per heavy atom. The lowest BCUT2D eigenvalue weighted by Crippen LogP contribution is -2.45. The number of nitrogens with zero attached hydrogens (tertiary/aromatic N) is 2. The maximum absolute atomic E-state index is 13.9. The van der Waals surface area contributed by atoms with Crippen molar-refractivity contribution >= 4 is 52.9 Å². The fourth-order valence-electron chi connectivity index (χ4n) is 3.61. The molecule has 0 unspecified atom stereocenters. The lowest BCUT2D eigenvalue weighted by molar-refractivity contribution is -0.159. The number of unbranched alkanes of at least 4 members (excludes halogenated alkanes) is 1. The van der Waals surface area contributed by atoms with Gasteiger partial charge in [-0.25, -0.2) is 9.59 Å². The summed E-state index contributed by atoms with van der Waals surface area (Å²) < 4.78 is 11.2. The number of aliphatic carboxylic acids is 2. The van der Waals surface area contributed by atoms with Crippen LogP contribution in [0, 0.1) is 0 Å². The van der Waals surface area contributed by atoms with Crippen molar-refractivity contribution in [2.75, 3.05) is 39.2 Å². The largest absolute Gasteiger partial charge is 0.497 e. The first kappa shape index (κ1) is 31.9. The zero-order valence-electron chi connectivity index (χ0n) is 22.3. The number of fused-ring (bicyclic) bond motifs is 1. The van der Waals surface area contributed by atoms with E-state index < -0.39 is 23.3 Å². The minimum atomic E-state index is -1.82. The van der Waals surface area contributed by atoms with Crippen molar-refractivity contribution in [3.63, 3.8) is 0 Å². The van der Waals surface area contributed by atoms with E-state index in [2.05, 4.69) is 0 Å². The second-order valence-corrected chi connectivity index (χ2v) is 10.5. The number of benzene rings is 2. The zero-order chi connectivity index (χ0) is 29.1. The third kappa shape index (κ3) is 9.45. The van der Waals surface area contributed by atoms with Gasteiger partial charge in [0, 0.05) is 29.4 Å². The molecule has 12 heteroatoms. The monoisotopic (exact) mass is 580 g/mol. The molecule has 0 spiro atoms. The van der Waals surface area contributed by atoms with Gasteiger partial charge >= 0.3 is 17.9 Å². The molecule has 212 valence electrons. The van der Waals surface area contributed by atoms with Crippen LogP contribution in [-0.2, 0) is 23.9 Å². The summed E-state index contributed by atoms with van der Waals surface area (Å²) in [4.78, 5) is 49.4. The van der Waals surface area contributed by atoms with Gasteiger partial charge in [0.1, 0.15) is 5.75 Å². The number of ether oxygens (including phenoxy) is 2. The van der Waals surface area contributed by atoms with Crippen molar-refractivity contribution in [1.29, 1.82) is 0 Å². The number of rotatable bonds is 9. The SMILES string of the molecule is CCCCC(=O)O[C@@H]1C(=O)N(CCN(C)C)c2ccc(Cl)cc2S[C@@H]1c1ccc(OC)cc1.O=C(O)C(=O)O. The first-order valence-corrected chi connectivity index (χ1v) is 13.5. The number of esters is 1. The summed E-state index contributed by atoms with van der Waals surface area (Å²) in [5.41, 5.74) is 1.66. The van der Waals surface area contributed by atoms with Gasteiger partial charge in [-0.2, -0.15) is 0 Å². The molecular weight excluding hydrogens is 548 g/mol. The molecule has 1 aliphatic heterocycles. The smallest absolute Gasteiger partial charge is 0.414 e. The summed E-state index contributed by atoms with van der Waals surface area (Å²) in [6.07, 6.45) is 0.932. The van der Waals surface area contributed by atoms with Gasteiger partial charge in [-0.1, -0.05) is 37.1 Å². The van der Waals surface area contributed by atoms with E-state index in [1.165, 1.54) is 11.8 Å². The standard InChI is InChI=1S/C25H31ClN2O4S.C2H2O4/c1-5-6-7-22(29)32-23-24(17-8-11-19(31-4)12-9-17)33-21-16-18(26)10-13-20(21)28(25(23)30)15-14-27(2)3;3-1(4)2(5)6/h8-13,16,23-24H,5-7,14-15H2,1-4H3;(H,3,4)(H,5,6)/t23-,24+;/m0./s1. The third-order valence-electron chi connectivity index (χ3n) is 5.64. The Bertz CT molecular complexity index is 1150. The van der Waals surface area contributed by atoms with Crippen LogP contribution in [0.1, 0.15) is 37.0 Å². The van der Waals surface area contributed by atoms with E-state index in [1.807, 2.05) is 62.3 Å². The number of halogens is 1. The van der Waals surface area contributed by atoms with Crippen LogP contribution in [0.25, 0.3) is 0 Å². The van der Waals surface area contributed by atoms with Crippen LogP contribution in [0.15, 0.2) is 47.4 Å². The number of carboxylic acid groups (broad SMARTS) is 2. The Hall–Kier alpha value is -3.28. The van der Waals surface area contributed by atoms with E-state index in [-0.39, 0.29) is 18.3 Å². The quantitative estimate of drug-likeness (QED) is 0.326. The van der Waals surface area contributed by atoms with Gasteiger partial charge in [-0.15, -0.1) is 11.8 Å². The number of hydrogen-bond acceptors (Lipinski definition) is 8. The van der Waals surface area contributed by atoms with Crippen molar-refractivity contribution in [2.24, 2.45) is 0 Å². The number of carbonyl (C=O) groups excluding carboxylic acids is 2. The Morgan fingerprint density at radius 2 is 1.72 bits per heavy atom. The molecule has 1 amide bonds. The van der Waals surface area contributed by atoms with Crippen molar-refractivity contribution in [1.82, 2.24) is 4.90 Å². The maximum atomic E-state index is 13.9. The predicted octanol–water partition coefficient (Wildman–Crippen LogP) is 4.35. The predicted molar refractivity (Wildman–Crippen MR) is 149 cm³/mol. The first-order chi connectivity index (χ1) is 18.5. The van der Waals surface area contributed by atoms with Crippen LogP contribution < -0.4 is 9.64 Å². The zero-order valence-corrected chi connectivity index (χ0v) is 23.8. The highest BCUT2D eigenvalue weighted by molar-refractivity contribution is 7.99. The van der Waals surface area contributed by atoms with Gasteiger partial charge in [0.15, 0.2) is 6.10 Å². The molecule has 0 saturated heterocycles. The molecule has 39 heavy (non-hydrogen) atoms. The fourth-order valence-corrected chi connectivity index (χ4v) is 5.20. The van der Waals surface area contributed by atoms with Crippen molar-refractivity contribution in [3.05, 3.63) is 53.1 Å². The molecule has 0 radical (unpaired) electrons. The molecule has 10 nitrogen and oxygen atoms in total. The third-order valence-corrected chi connectivity index (χ3v) is 7.23. The van der Waals surface area contributed by atoms with E-state index in [0.29, 0.717) is 18.1 Å². The van der Waals surface area contributed by atoms with Crippen LogP contribution >= 0.6 is 23.4 Å². The number of thioether (sulfide) groups is 1. The fraction of sp³-hybridized carbons (Fsp3) is 0.407. The van der Waals surface area contributed by atoms with Crippen LogP contribution in [0.4, 0.5) is 5.69 Å². The van der Waals surface area contributed by atoms with Crippen LogP contribution in [-0.4, -0.2) is 79.3 Å². The van der Waals surface area contributed by atoms with Crippen LogP contribution in [0.5, 0.6) is 5.75 Å². The van der Waals surface area contributed by atoms with Crippen molar-refractivity contribution < 1.29 is 38.9 Å². The number of anilines is 1. The number of methoxy groups -OCH3 is 1. The molecule has 2 aromatic carbocycles. The van der Waals surface area contributed by atoms with E-state index in [0.717, 1.165) is 34.7 Å². The highest BCUT2D eigenvalue weighted by Gasteiger charge is 2.41. The normalized spacial score (nSPS) is 16.5. The minimum absolute atomic E-state index is 0.226. The number of carbonyl (C=O) groups is 4. The van der Waals surface area contributed by atoms with E-state index in [4.69, 9.17) is 40.9 Å². The summed E-state index contributed by atoms with van der Waals surface area (Å²) in [5.74, 6) is -3.51. The highest BCUT2D eigenvalue weighted by atomic mass is 35.5. The number of likely N-dealkylation sites (N-methyl/N-ethyl adjacent to an activating group) is 1. The van der Waals surface area contributed by atoms with E-state index in [9.17, 15) is 9.59 Å². The first-order valence-electron chi connectivity index (χ1n) is 12.2.